The van der Waals surface area contributed by atoms with Crippen LogP contribution in [0.15, 0.2) is 24.3 Å². The maximum absolute atomic E-state index is 11.8. The molecule has 2 amide bonds. The first-order valence-corrected chi connectivity index (χ1v) is 7.43. The summed E-state index contributed by atoms with van der Waals surface area (Å²) >= 11 is 0. The van der Waals surface area contributed by atoms with Crippen LogP contribution < -0.4 is 10.6 Å². The van der Waals surface area contributed by atoms with Gasteiger partial charge in [0.25, 0.3) is 0 Å². The van der Waals surface area contributed by atoms with Crippen molar-refractivity contribution in [3.8, 4) is 0 Å². The zero-order valence-electron chi connectivity index (χ0n) is 13.2. The number of aliphatic hydroxyl groups is 1. The summed E-state index contributed by atoms with van der Waals surface area (Å²) in [5, 5.41) is 14.6. The fourth-order valence-corrected chi connectivity index (χ4v) is 2.16. The lowest BCUT2D eigenvalue weighted by molar-refractivity contribution is 0.227. The number of urea groups is 1. The molecule has 21 heavy (non-hydrogen) atoms. The molecule has 1 aromatic rings. The maximum atomic E-state index is 11.8. The standard InChI is InChI=1S/C16H27N3O2/c1-4-15(8-9-20)18-16(21)17-11-13-6-5-7-14(10-13)12-19(2)3/h5-7,10,15,20H,4,8-9,11-12H2,1-3H3,(H2,17,18,21). The van der Waals surface area contributed by atoms with Gasteiger partial charge in [-0.25, -0.2) is 4.79 Å². The van der Waals surface area contributed by atoms with Crippen molar-refractivity contribution in [2.24, 2.45) is 0 Å². The number of hydrogen-bond donors (Lipinski definition) is 3. The van der Waals surface area contributed by atoms with E-state index < -0.39 is 0 Å². The van der Waals surface area contributed by atoms with Gasteiger partial charge in [0.2, 0.25) is 0 Å². The molecule has 1 aromatic carbocycles. The summed E-state index contributed by atoms with van der Waals surface area (Å²) in [6.45, 7) is 3.47. The van der Waals surface area contributed by atoms with Gasteiger partial charge in [-0.05, 0) is 38.1 Å². The molecule has 1 rings (SSSR count). The number of rotatable bonds is 8. The average molecular weight is 293 g/mol. The summed E-state index contributed by atoms with van der Waals surface area (Å²) in [5.41, 5.74) is 2.31. The lowest BCUT2D eigenvalue weighted by Gasteiger charge is -2.16. The number of hydrogen-bond acceptors (Lipinski definition) is 3. The van der Waals surface area contributed by atoms with E-state index >= 15 is 0 Å². The van der Waals surface area contributed by atoms with Gasteiger partial charge < -0.3 is 20.6 Å². The van der Waals surface area contributed by atoms with Crippen LogP contribution in [0.2, 0.25) is 0 Å². The van der Waals surface area contributed by atoms with Gasteiger partial charge >= 0.3 is 6.03 Å². The minimum atomic E-state index is -0.187. The molecule has 5 heteroatoms. The number of benzene rings is 1. The van der Waals surface area contributed by atoms with Crippen molar-refractivity contribution in [2.45, 2.75) is 38.9 Å². The normalized spacial score (nSPS) is 12.2. The molecule has 0 heterocycles. The first-order valence-electron chi connectivity index (χ1n) is 7.43. The van der Waals surface area contributed by atoms with Gasteiger partial charge in [-0.1, -0.05) is 31.2 Å². The third-order valence-corrected chi connectivity index (χ3v) is 3.25. The smallest absolute Gasteiger partial charge is 0.315 e. The van der Waals surface area contributed by atoms with Gasteiger partial charge in [0, 0.05) is 25.7 Å². The summed E-state index contributed by atoms with van der Waals surface area (Å²) in [7, 11) is 4.06. The van der Waals surface area contributed by atoms with Crippen LogP contribution in [0, 0.1) is 0 Å². The molecule has 0 bridgehead atoms. The molecule has 0 radical (unpaired) electrons. The van der Waals surface area contributed by atoms with Gasteiger partial charge in [-0.15, -0.1) is 0 Å². The third kappa shape index (κ3) is 7.11. The number of carbonyl (C=O) groups excluding carboxylic acids is 1. The van der Waals surface area contributed by atoms with Gasteiger partial charge in [0.1, 0.15) is 0 Å². The molecule has 1 atom stereocenters. The molecular weight excluding hydrogens is 266 g/mol. The van der Waals surface area contributed by atoms with Crippen LogP contribution in [-0.2, 0) is 13.1 Å². The molecule has 0 aliphatic rings. The molecule has 1 unspecified atom stereocenters. The Morgan fingerprint density at radius 1 is 1.33 bits per heavy atom. The summed E-state index contributed by atoms with van der Waals surface area (Å²) in [6, 6.07) is 8.03. The van der Waals surface area contributed by atoms with Crippen molar-refractivity contribution in [1.82, 2.24) is 15.5 Å². The van der Waals surface area contributed by atoms with Crippen LogP contribution >= 0.6 is 0 Å². The lowest BCUT2D eigenvalue weighted by atomic mass is 10.1. The minimum Gasteiger partial charge on any atom is -0.396 e. The maximum Gasteiger partial charge on any atom is 0.315 e. The molecule has 118 valence electrons. The van der Waals surface area contributed by atoms with E-state index in [0.29, 0.717) is 13.0 Å². The monoisotopic (exact) mass is 293 g/mol. The highest BCUT2D eigenvalue weighted by atomic mass is 16.3. The van der Waals surface area contributed by atoms with Crippen molar-refractivity contribution in [1.29, 1.82) is 0 Å². The molecule has 0 aromatic heterocycles. The number of carbonyl (C=O) groups is 1. The second kappa shape index (κ2) is 9.37. The van der Waals surface area contributed by atoms with Gasteiger partial charge in [-0.3, -0.25) is 0 Å². The Balaban J connectivity index is 2.45. The number of nitrogens with one attached hydrogen (secondary N) is 2. The van der Waals surface area contributed by atoms with E-state index in [1.165, 1.54) is 5.56 Å². The molecule has 0 saturated carbocycles. The van der Waals surface area contributed by atoms with Crippen LogP contribution in [0.25, 0.3) is 0 Å². The molecule has 0 aliphatic carbocycles. The van der Waals surface area contributed by atoms with E-state index in [1.807, 2.05) is 33.2 Å². The first-order chi connectivity index (χ1) is 10.0. The van der Waals surface area contributed by atoms with E-state index in [1.54, 1.807) is 0 Å². The Kier molecular flexibility index (Phi) is 7.79. The van der Waals surface area contributed by atoms with Gasteiger partial charge in [0.15, 0.2) is 0 Å². The Labute approximate surface area is 127 Å². The minimum absolute atomic E-state index is 0.0232. The third-order valence-electron chi connectivity index (χ3n) is 3.25. The van der Waals surface area contributed by atoms with Crippen LogP contribution in [0.5, 0.6) is 0 Å². The molecule has 0 aliphatic heterocycles. The fourth-order valence-electron chi connectivity index (χ4n) is 2.16. The second-order valence-electron chi connectivity index (χ2n) is 5.50. The van der Waals surface area contributed by atoms with E-state index in [9.17, 15) is 4.79 Å². The summed E-state index contributed by atoms with van der Waals surface area (Å²) in [5.74, 6) is 0. The number of nitrogens with zero attached hydrogens (tertiary/aromatic N) is 1. The van der Waals surface area contributed by atoms with E-state index in [4.69, 9.17) is 5.11 Å². The number of amides is 2. The predicted octanol–water partition coefficient (Wildman–Crippen LogP) is 1.71. The highest BCUT2D eigenvalue weighted by molar-refractivity contribution is 5.74. The predicted molar refractivity (Wildman–Crippen MR) is 85.0 cm³/mol. The Morgan fingerprint density at radius 2 is 2.05 bits per heavy atom. The topological polar surface area (TPSA) is 64.6 Å². The van der Waals surface area contributed by atoms with Crippen molar-refractivity contribution < 1.29 is 9.90 Å². The zero-order chi connectivity index (χ0) is 15.7. The molecule has 0 spiro atoms. The summed E-state index contributed by atoms with van der Waals surface area (Å²) in [4.78, 5) is 13.9. The number of aliphatic hydroxyl groups excluding tert-OH is 1. The Bertz CT molecular complexity index is 435. The molecular formula is C16H27N3O2. The van der Waals surface area contributed by atoms with Gasteiger partial charge in [0.05, 0.1) is 0 Å². The molecule has 3 N–H and O–H groups in total. The van der Waals surface area contributed by atoms with Crippen LogP contribution in [0.1, 0.15) is 30.9 Å². The van der Waals surface area contributed by atoms with Crippen molar-refractivity contribution in [3.63, 3.8) is 0 Å². The van der Waals surface area contributed by atoms with E-state index in [2.05, 4.69) is 27.7 Å². The highest BCUT2D eigenvalue weighted by Crippen LogP contribution is 2.07. The van der Waals surface area contributed by atoms with Crippen LogP contribution in [-0.4, -0.2) is 42.8 Å². The SMILES string of the molecule is CCC(CCO)NC(=O)NCc1cccc(CN(C)C)c1. The summed E-state index contributed by atoms with van der Waals surface area (Å²) in [6.07, 6.45) is 1.40. The Morgan fingerprint density at radius 3 is 2.67 bits per heavy atom. The van der Waals surface area contributed by atoms with Crippen LogP contribution in [0.3, 0.4) is 0 Å². The highest BCUT2D eigenvalue weighted by Gasteiger charge is 2.09. The second-order valence-corrected chi connectivity index (χ2v) is 5.50. The van der Waals surface area contributed by atoms with E-state index in [-0.39, 0.29) is 18.7 Å². The van der Waals surface area contributed by atoms with Crippen molar-refractivity contribution in [3.05, 3.63) is 35.4 Å². The molecule has 0 saturated heterocycles. The lowest BCUT2D eigenvalue weighted by Crippen LogP contribution is -2.41. The summed E-state index contributed by atoms with van der Waals surface area (Å²) < 4.78 is 0. The van der Waals surface area contributed by atoms with Crippen molar-refractivity contribution >= 4 is 6.03 Å². The quantitative estimate of drug-likeness (QED) is 0.683. The first kappa shape index (κ1) is 17.5. The van der Waals surface area contributed by atoms with Crippen molar-refractivity contribution in [2.75, 3.05) is 20.7 Å². The molecule has 5 nitrogen and oxygen atoms in total. The van der Waals surface area contributed by atoms with Crippen LogP contribution in [0.4, 0.5) is 4.79 Å². The largest absolute Gasteiger partial charge is 0.396 e. The Hall–Kier alpha value is -1.59. The average Bonchev–Trinajstić information content (AvgIpc) is 2.44. The fraction of sp³-hybridized carbons (Fsp3) is 0.562. The molecule has 0 fully saturated rings. The zero-order valence-corrected chi connectivity index (χ0v) is 13.2. The van der Waals surface area contributed by atoms with E-state index in [0.717, 1.165) is 18.5 Å². The van der Waals surface area contributed by atoms with Gasteiger partial charge in [-0.2, -0.15) is 0 Å².